The number of aliphatic hydroxyl groups is 1. The number of carbonyl (C=O) groups excluding carboxylic acids is 1. The second-order valence-electron chi connectivity index (χ2n) is 8.39. The second-order valence-corrected chi connectivity index (χ2v) is 8.39. The first-order chi connectivity index (χ1) is 12.8. The van der Waals surface area contributed by atoms with E-state index >= 15 is 0 Å². The average Bonchev–Trinajstić information content (AvgIpc) is 2.63. The number of Topliss-reactive ketones (excluding diaryl/α,β-unsaturated/α-hetero) is 1. The molecular formula is C20H25N3O4. The zero-order valence-electron chi connectivity index (χ0n) is 15.7. The fraction of sp³-hybridized carbons (Fsp3) is 0.550. The van der Waals surface area contributed by atoms with E-state index in [4.69, 9.17) is 0 Å². The van der Waals surface area contributed by atoms with E-state index < -0.39 is 28.2 Å². The van der Waals surface area contributed by atoms with Crippen molar-refractivity contribution < 1.29 is 14.5 Å². The maximum atomic E-state index is 13.7. The normalized spacial score (nSPS) is 33.0. The summed E-state index contributed by atoms with van der Waals surface area (Å²) in [7, 11) is 0. The van der Waals surface area contributed by atoms with E-state index in [1.807, 2.05) is 6.07 Å². The largest absolute Gasteiger partial charge is 0.632 e. The molecule has 4 rings (SSSR count). The van der Waals surface area contributed by atoms with Crippen LogP contribution in [0, 0.1) is 11.1 Å². The van der Waals surface area contributed by atoms with Gasteiger partial charge in [0.1, 0.15) is 23.5 Å². The van der Waals surface area contributed by atoms with Crippen LogP contribution < -0.4 is 5.56 Å². The summed E-state index contributed by atoms with van der Waals surface area (Å²) in [4.78, 5) is 30.1. The summed E-state index contributed by atoms with van der Waals surface area (Å²) in [5.41, 5.74) is -0.520. The molecule has 0 bridgehead atoms. The quantitative estimate of drug-likeness (QED) is 0.639. The molecule has 1 aromatic heterocycles. The molecule has 4 atom stereocenters. The Morgan fingerprint density at radius 3 is 2.85 bits per heavy atom. The van der Waals surface area contributed by atoms with E-state index in [1.54, 1.807) is 32.0 Å². The highest BCUT2D eigenvalue weighted by Crippen LogP contribution is 2.45. The van der Waals surface area contributed by atoms with Crippen LogP contribution >= 0.6 is 0 Å². The Balaban J connectivity index is 1.73. The first kappa shape index (κ1) is 18.3. The van der Waals surface area contributed by atoms with E-state index in [-0.39, 0.29) is 24.3 Å². The molecule has 0 amide bonds. The zero-order valence-corrected chi connectivity index (χ0v) is 15.7. The van der Waals surface area contributed by atoms with E-state index in [9.17, 15) is 19.9 Å². The van der Waals surface area contributed by atoms with E-state index in [2.05, 4.69) is 4.98 Å². The van der Waals surface area contributed by atoms with Crippen molar-refractivity contribution in [2.45, 2.75) is 57.3 Å². The van der Waals surface area contributed by atoms with Gasteiger partial charge in [-0.15, -0.1) is 0 Å². The number of quaternary nitrogens is 1. The van der Waals surface area contributed by atoms with Crippen molar-refractivity contribution >= 4 is 16.7 Å². The summed E-state index contributed by atoms with van der Waals surface area (Å²) in [6.07, 6.45) is 1.98. The number of hydrogen-bond acceptors (Lipinski definition) is 5. The predicted molar refractivity (Wildman–Crippen MR) is 101 cm³/mol. The Morgan fingerprint density at radius 2 is 2.07 bits per heavy atom. The molecule has 144 valence electrons. The Morgan fingerprint density at radius 1 is 1.33 bits per heavy atom. The minimum absolute atomic E-state index is 0.0596. The van der Waals surface area contributed by atoms with Crippen molar-refractivity contribution in [2.75, 3.05) is 6.54 Å². The van der Waals surface area contributed by atoms with Gasteiger partial charge in [-0.1, -0.05) is 12.1 Å². The van der Waals surface area contributed by atoms with Crippen LogP contribution in [0.1, 0.15) is 33.1 Å². The number of para-hydroxylation sites is 1. The minimum Gasteiger partial charge on any atom is -0.632 e. The molecule has 2 fully saturated rings. The van der Waals surface area contributed by atoms with Gasteiger partial charge in [0.25, 0.3) is 5.56 Å². The summed E-state index contributed by atoms with van der Waals surface area (Å²) >= 11 is 0. The minimum atomic E-state index is -0.924. The van der Waals surface area contributed by atoms with Gasteiger partial charge < -0.3 is 15.0 Å². The maximum Gasteiger partial charge on any atom is 0.261 e. The average molecular weight is 371 g/mol. The van der Waals surface area contributed by atoms with Crippen molar-refractivity contribution in [1.29, 1.82) is 0 Å². The third kappa shape index (κ3) is 2.64. The standard InChI is InChI=1S/C20H25N3O4/c1-20(2)14(18(25)10-16-17(24)8-5-9-23(16,20)27)11-22-12-21-15-7-4-3-6-13(15)19(22)26/h3-4,6-7,12,14,16-17,24H,5,8-11H2,1-2H3/t14-,16+,17-,23?/m0/s1. The smallest absolute Gasteiger partial charge is 0.261 e. The van der Waals surface area contributed by atoms with Crippen LogP contribution in [0.4, 0.5) is 0 Å². The molecule has 2 saturated heterocycles. The highest BCUT2D eigenvalue weighted by atomic mass is 16.6. The fourth-order valence-electron chi connectivity index (χ4n) is 4.93. The van der Waals surface area contributed by atoms with E-state index in [1.165, 1.54) is 10.9 Å². The number of piperidine rings is 2. The van der Waals surface area contributed by atoms with Gasteiger partial charge in [0.05, 0.1) is 36.1 Å². The number of ketones is 1. The molecule has 2 aromatic rings. The van der Waals surface area contributed by atoms with Crippen LogP contribution in [-0.4, -0.2) is 49.3 Å². The lowest BCUT2D eigenvalue weighted by Crippen LogP contribution is -2.75. The number of hydroxylamine groups is 3. The van der Waals surface area contributed by atoms with E-state index in [0.29, 0.717) is 30.3 Å². The van der Waals surface area contributed by atoms with Gasteiger partial charge in [0.15, 0.2) is 0 Å². The number of aromatic nitrogens is 2. The summed E-state index contributed by atoms with van der Waals surface area (Å²) in [5, 5.41) is 24.6. The summed E-state index contributed by atoms with van der Waals surface area (Å²) in [6.45, 7) is 4.12. The van der Waals surface area contributed by atoms with Gasteiger partial charge in [-0.2, -0.15) is 0 Å². The maximum absolute atomic E-state index is 13.7. The molecule has 7 heteroatoms. The van der Waals surface area contributed by atoms with Crippen molar-refractivity contribution in [3.63, 3.8) is 0 Å². The first-order valence-corrected chi connectivity index (χ1v) is 9.49. The first-order valence-electron chi connectivity index (χ1n) is 9.49. The van der Waals surface area contributed by atoms with Crippen LogP contribution in [0.15, 0.2) is 35.4 Å². The number of rotatable bonds is 2. The molecule has 27 heavy (non-hydrogen) atoms. The molecule has 0 radical (unpaired) electrons. The molecule has 1 N–H and O–H groups in total. The van der Waals surface area contributed by atoms with Gasteiger partial charge in [-0.05, 0) is 38.8 Å². The lowest BCUT2D eigenvalue weighted by Gasteiger charge is -2.65. The summed E-state index contributed by atoms with van der Waals surface area (Å²) in [5.74, 6) is -0.659. The van der Waals surface area contributed by atoms with Crippen molar-refractivity contribution in [3.05, 3.63) is 46.2 Å². The SMILES string of the molecule is CC1(C)[C@@H](Cn2cnc3ccccc3c2=O)C(=O)C[C@@H]2[C@@H](O)CCC[N+]21[O-]. The molecule has 1 unspecified atom stereocenters. The van der Waals surface area contributed by atoms with Crippen molar-refractivity contribution in [2.24, 2.45) is 5.92 Å². The Kier molecular flexibility index (Phi) is 4.21. The van der Waals surface area contributed by atoms with Crippen LogP contribution in [-0.2, 0) is 11.3 Å². The molecule has 0 spiro atoms. The highest BCUT2D eigenvalue weighted by molar-refractivity contribution is 5.83. The lowest BCUT2D eigenvalue weighted by molar-refractivity contribution is -0.964. The van der Waals surface area contributed by atoms with Gasteiger partial charge in [-0.3, -0.25) is 14.2 Å². The number of benzene rings is 1. The molecule has 2 aliphatic heterocycles. The summed E-state index contributed by atoms with van der Waals surface area (Å²) in [6, 6.07) is 6.48. The van der Waals surface area contributed by atoms with Crippen LogP contribution in [0.2, 0.25) is 0 Å². The molecule has 7 nitrogen and oxygen atoms in total. The van der Waals surface area contributed by atoms with Gasteiger partial charge in [0.2, 0.25) is 0 Å². The predicted octanol–water partition coefficient (Wildman–Crippen LogP) is 1.60. The molecule has 0 saturated carbocycles. The number of hydrogen-bond donors (Lipinski definition) is 1. The molecule has 1 aromatic carbocycles. The Hall–Kier alpha value is -2.09. The topological polar surface area (TPSA) is 95.2 Å². The Labute approximate surface area is 157 Å². The number of aliphatic hydroxyl groups excluding tert-OH is 1. The van der Waals surface area contributed by atoms with Crippen molar-refractivity contribution in [1.82, 2.24) is 9.55 Å². The van der Waals surface area contributed by atoms with Crippen LogP contribution in [0.3, 0.4) is 0 Å². The highest BCUT2D eigenvalue weighted by Gasteiger charge is 2.58. The molecule has 2 aliphatic rings. The summed E-state index contributed by atoms with van der Waals surface area (Å²) < 4.78 is 0.875. The van der Waals surface area contributed by atoms with Gasteiger partial charge in [0, 0.05) is 6.54 Å². The third-order valence-corrected chi connectivity index (χ3v) is 6.71. The number of nitrogens with zero attached hydrogens (tertiary/aromatic N) is 3. The fourth-order valence-corrected chi connectivity index (χ4v) is 4.93. The van der Waals surface area contributed by atoms with Gasteiger partial charge >= 0.3 is 0 Å². The lowest BCUT2D eigenvalue weighted by atomic mass is 9.71. The Bertz CT molecular complexity index is 954. The molecule has 0 aliphatic carbocycles. The monoisotopic (exact) mass is 371 g/mol. The van der Waals surface area contributed by atoms with Crippen LogP contribution in [0.5, 0.6) is 0 Å². The van der Waals surface area contributed by atoms with E-state index in [0.717, 1.165) is 0 Å². The number of carbonyl (C=O) groups is 1. The molecular weight excluding hydrogens is 346 g/mol. The zero-order chi connectivity index (χ0) is 19.4. The van der Waals surface area contributed by atoms with Crippen molar-refractivity contribution in [3.8, 4) is 0 Å². The third-order valence-electron chi connectivity index (χ3n) is 6.71. The second kappa shape index (κ2) is 6.22. The molecule has 3 heterocycles. The van der Waals surface area contributed by atoms with Gasteiger partial charge in [-0.25, -0.2) is 4.98 Å². The van der Waals surface area contributed by atoms with Crippen LogP contribution in [0.25, 0.3) is 10.9 Å². The number of fused-ring (bicyclic) bond motifs is 2.